The van der Waals surface area contributed by atoms with Crippen molar-refractivity contribution in [2.45, 2.75) is 32.3 Å². The van der Waals surface area contributed by atoms with E-state index in [-0.39, 0.29) is 18.4 Å². The number of anilines is 1. The molecule has 2 aliphatic heterocycles. The summed E-state index contributed by atoms with van der Waals surface area (Å²) in [5, 5.41) is 17.0. The minimum Gasteiger partial charge on any atom is -0.390 e. The van der Waals surface area contributed by atoms with Crippen molar-refractivity contribution in [3.8, 4) is 0 Å². The third-order valence-corrected chi connectivity index (χ3v) is 7.50. The molecule has 1 aliphatic carbocycles. The van der Waals surface area contributed by atoms with Gasteiger partial charge >= 0.3 is 0 Å². The van der Waals surface area contributed by atoms with Crippen LogP contribution in [0.5, 0.6) is 0 Å². The Hall–Kier alpha value is -2.65. The number of likely N-dealkylation sites (N-methyl/N-ethyl adjacent to an activating group) is 1. The third kappa shape index (κ3) is 4.76. The number of nitrogens with one attached hydrogen (secondary N) is 3. The molecule has 2 amide bonds. The minimum absolute atomic E-state index is 0.143. The standard InChI is InChI=1S/C26H32ClN5O3/c1-15-22(25(34)28-13-17(33)14-32-10-8-31(2)9-11-32)18-4-3-5-19(24(18)29-15)23-20-12-16(27)6-7-21(20)30-26(23)35/h6-7,12,17,29,33H,3-5,8-11,13-14H2,1-2H3,(H,28,34)(H,30,35). The Balaban J connectivity index is 1.35. The van der Waals surface area contributed by atoms with Crippen LogP contribution in [0.25, 0.3) is 11.1 Å². The van der Waals surface area contributed by atoms with Gasteiger partial charge in [0.05, 0.1) is 17.2 Å². The highest BCUT2D eigenvalue weighted by molar-refractivity contribution is 6.38. The first kappa shape index (κ1) is 24.1. The number of carbonyl (C=O) groups excluding carboxylic acids is 2. The van der Waals surface area contributed by atoms with Gasteiger partial charge in [0.1, 0.15) is 0 Å². The van der Waals surface area contributed by atoms with Crippen LogP contribution in [-0.4, -0.2) is 84.1 Å². The summed E-state index contributed by atoms with van der Waals surface area (Å²) < 4.78 is 0. The predicted octanol–water partition coefficient (Wildman–Crippen LogP) is 2.51. The summed E-state index contributed by atoms with van der Waals surface area (Å²) in [6.07, 6.45) is 1.72. The van der Waals surface area contributed by atoms with Gasteiger partial charge in [-0.3, -0.25) is 14.5 Å². The molecule has 1 aromatic heterocycles. The maximum absolute atomic E-state index is 13.2. The molecule has 2 aromatic rings. The van der Waals surface area contributed by atoms with E-state index in [1.165, 1.54) is 0 Å². The number of aryl methyl sites for hydroxylation is 1. The number of aliphatic hydroxyl groups excluding tert-OH is 1. The number of β-amino-alcohol motifs (C(OH)–C–C–N with tert-alkyl or cyclic N) is 1. The molecule has 0 saturated carbocycles. The number of rotatable bonds is 5. The lowest BCUT2D eigenvalue weighted by molar-refractivity contribution is -0.110. The molecule has 3 heterocycles. The largest absolute Gasteiger partial charge is 0.390 e. The number of halogens is 1. The molecule has 35 heavy (non-hydrogen) atoms. The van der Waals surface area contributed by atoms with Crippen LogP contribution in [0, 0.1) is 6.92 Å². The van der Waals surface area contributed by atoms with Crippen molar-refractivity contribution in [1.29, 1.82) is 0 Å². The van der Waals surface area contributed by atoms with Crippen molar-refractivity contribution in [3.05, 3.63) is 51.3 Å². The maximum atomic E-state index is 13.2. The fourth-order valence-corrected chi connectivity index (χ4v) is 5.61. The monoisotopic (exact) mass is 497 g/mol. The van der Waals surface area contributed by atoms with E-state index >= 15 is 0 Å². The van der Waals surface area contributed by atoms with Gasteiger partial charge in [0.15, 0.2) is 0 Å². The second-order valence-corrected chi connectivity index (χ2v) is 10.2. The van der Waals surface area contributed by atoms with Crippen molar-refractivity contribution in [2.75, 3.05) is 51.6 Å². The van der Waals surface area contributed by atoms with Crippen LogP contribution in [-0.2, 0) is 11.2 Å². The lowest BCUT2D eigenvalue weighted by Crippen LogP contribution is -2.48. The molecule has 8 nitrogen and oxygen atoms in total. The molecule has 1 unspecified atom stereocenters. The van der Waals surface area contributed by atoms with Crippen LogP contribution >= 0.6 is 11.6 Å². The van der Waals surface area contributed by atoms with E-state index in [1.807, 2.05) is 19.1 Å². The van der Waals surface area contributed by atoms with Crippen LogP contribution in [0.15, 0.2) is 18.2 Å². The number of hydrogen-bond acceptors (Lipinski definition) is 5. The molecule has 3 aliphatic rings. The third-order valence-electron chi connectivity index (χ3n) is 7.26. The molecular weight excluding hydrogens is 466 g/mol. The van der Waals surface area contributed by atoms with E-state index < -0.39 is 6.10 Å². The number of hydrogen-bond donors (Lipinski definition) is 4. The SMILES string of the molecule is Cc1[nH]c2c(c1C(=O)NCC(O)CN1CCN(C)CC1)CCCC2=C1C(=O)Nc2ccc(Cl)cc21. The Labute approximate surface area is 210 Å². The summed E-state index contributed by atoms with van der Waals surface area (Å²) in [7, 11) is 2.10. The average molecular weight is 498 g/mol. The van der Waals surface area contributed by atoms with Crippen LogP contribution in [0.1, 0.15) is 45.7 Å². The summed E-state index contributed by atoms with van der Waals surface area (Å²) in [6.45, 7) is 6.45. The summed E-state index contributed by atoms with van der Waals surface area (Å²) in [6, 6.07) is 5.40. The number of piperazine rings is 1. The molecule has 9 heteroatoms. The zero-order chi connectivity index (χ0) is 24.7. The zero-order valence-electron chi connectivity index (χ0n) is 20.2. The Morgan fingerprint density at radius 1 is 1.23 bits per heavy atom. The van der Waals surface area contributed by atoms with Crippen molar-refractivity contribution in [3.63, 3.8) is 0 Å². The highest BCUT2D eigenvalue weighted by atomic mass is 35.5. The Morgan fingerprint density at radius 3 is 2.77 bits per heavy atom. The number of fused-ring (bicyclic) bond motifs is 2. The zero-order valence-corrected chi connectivity index (χ0v) is 21.0. The van der Waals surface area contributed by atoms with Crippen molar-refractivity contribution < 1.29 is 14.7 Å². The second kappa shape index (κ2) is 9.78. The highest BCUT2D eigenvalue weighted by Gasteiger charge is 2.33. The van der Waals surface area contributed by atoms with Gasteiger partial charge in [-0.15, -0.1) is 0 Å². The van der Waals surface area contributed by atoms with Crippen molar-refractivity contribution in [2.24, 2.45) is 0 Å². The molecule has 0 radical (unpaired) electrons. The summed E-state index contributed by atoms with van der Waals surface area (Å²) in [4.78, 5) is 34.0. The molecular formula is C26H32ClN5O3. The smallest absolute Gasteiger partial charge is 0.256 e. The van der Waals surface area contributed by atoms with Gasteiger partial charge in [-0.05, 0) is 62.6 Å². The first-order chi connectivity index (χ1) is 16.8. The molecule has 1 aromatic carbocycles. The average Bonchev–Trinajstić information content (AvgIpc) is 3.34. The quantitative estimate of drug-likeness (QED) is 0.476. The molecule has 0 bridgehead atoms. The molecule has 1 saturated heterocycles. The topological polar surface area (TPSA) is 101 Å². The van der Waals surface area contributed by atoms with E-state index in [0.717, 1.165) is 79.2 Å². The first-order valence-electron chi connectivity index (χ1n) is 12.2. The van der Waals surface area contributed by atoms with Gasteiger partial charge in [0.2, 0.25) is 0 Å². The van der Waals surface area contributed by atoms with E-state index in [2.05, 4.69) is 32.5 Å². The molecule has 5 rings (SSSR count). The summed E-state index contributed by atoms with van der Waals surface area (Å²) >= 11 is 6.23. The number of aromatic nitrogens is 1. The number of carbonyl (C=O) groups is 2. The van der Waals surface area contributed by atoms with Gasteiger partial charge in [0.25, 0.3) is 11.8 Å². The van der Waals surface area contributed by atoms with Gasteiger partial charge in [-0.1, -0.05) is 11.6 Å². The number of aromatic amines is 1. The van der Waals surface area contributed by atoms with Crippen LogP contribution in [0.4, 0.5) is 5.69 Å². The number of amides is 2. The van der Waals surface area contributed by atoms with E-state index in [0.29, 0.717) is 22.7 Å². The van der Waals surface area contributed by atoms with Gasteiger partial charge < -0.3 is 25.6 Å². The van der Waals surface area contributed by atoms with Crippen LogP contribution in [0.3, 0.4) is 0 Å². The molecule has 4 N–H and O–H groups in total. The maximum Gasteiger partial charge on any atom is 0.256 e. The predicted molar refractivity (Wildman–Crippen MR) is 138 cm³/mol. The Kier molecular flexibility index (Phi) is 6.72. The minimum atomic E-state index is -0.626. The van der Waals surface area contributed by atoms with E-state index in [9.17, 15) is 14.7 Å². The number of H-pyrrole nitrogens is 1. The second-order valence-electron chi connectivity index (χ2n) is 9.80. The van der Waals surface area contributed by atoms with Gasteiger partial charge in [-0.2, -0.15) is 0 Å². The highest BCUT2D eigenvalue weighted by Crippen LogP contribution is 2.43. The van der Waals surface area contributed by atoms with Crippen LogP contribution in [0.2, 0.25) is 5.02 Å². The Bertz CT molecular complexity index is 1200. The number of aliphatic hydroxyl groups is 1. The molecule has 186 valence electrons. The van der Waals surface area contributed by atoms with E-state index in [1.54, 1.807) is 6.07 Å². The van der Waals surface area contributed by atoms with Crippen molar-refractivity contribution >= 4 is 40.2 Å². The van der Waals surface area contributed by atoms with Gasteiger partial charge in [-0.25, -0.2) is 0 Å². The lowest BCUT2D eigenvalue weighted by Gasteiger charge is -2.33. The van der Waals surface area contributed by atoms with Gasteiger partial charge in [0, 0.05) is 66.9 Å². The first-order valence-corrected chi connectivity index (χ1v) is 12.6. The Morgan fingerprint density at radius 2 is 2.00 bits per heavy atom. The number of allylic oxidation sites excluding steroid dienone is 1. The fraction of sp³-hybridized carbons (Fsp3) is 0.462. The molecule has 0 spiro atoms. The summed E-state index contributed by atoms with van der Waals surface area (Å²) in [5.41, 5.74) is 6.28. The van der Waals surface area contributed by atoms with E-state index in [4.69, 9.17) is 11.6 Å². The lowest BCUT2D eigenvalue weighted by atomic mass is 9.86. The normalized spacial score (nSPS) is 21.4. The fourth-order valence-electron chi connectivity index (χ4n) is 5.44. The van der Waals surface area contributed by atoms with Crippen molar-refractivity contribution in [1.82, 2.24) is 20.1 Å². The summed E-state index contributed by atoms with van der Waals surface area (Å²) in [5.74, 6) is -0.335. The number of benzene rings is 1. The number of nitrogens with zero attached hydrogens (tertiary/aromatic N) is 2. The van der Waals surface area contributed by atoms with Crippen LogP contribution < -0.4 is 10.6 Å². The molecule has 1 fully saturated rings. The molecule has 1 atom stereocenters.